The number of hydrogen-bond acceptors (Lipinski definition) is 1. The Morgan fingerprint density at radius 1 is 1.22 bits per heavy atom. The van der Waals surface area contributed by atoms with Gasteiger partial charge in [0.1, 0.15) is 0 Å². The molecular weight excluding hydrogens is 112 g/mol. The molecule has 9 heavy (non-hydrogen) atoms. The third-order valence-corrected chi connectivity index (χ3v) is 0.406. The maximum absolute atomic E-state index is 3.60. The van der Waals surface area contributed by atoms with E-state index in [4.69, 9.17) is 0 Å². The van der Waals surface area contributed by atoms with E-state index in [0.717, 1.165) is 0 Å². The van der Waals surface area contributed by atoms with Crippen LogP contribution in [0.5, 0.6) is 0 Å². The second-order valence-corrected chi connectivity index (χ2v) is 0.766. The van der Waals surface area contributed by atoms with Crippen molar-refractivity contribution in [3.05, 3.63) is 18.5 Å². The molecule has 0 spiro atoms. The summed E-state index contributed by atoms with van der Waals surface area (Å²) >= 11 is 0. The van der Waals surface area contributed by atoms with E-state index in [-0.39, 0.29) is 14.9 Å². The first-order valence-electron chi connectivity index (χ1n) is 2.44. The minimum atomic E-state index is 0. The lowest BCUT2D eigenvalue weighted by atomic mass is 10.8. The van der Waals surface area contributed by atoms with Crippen molar-refractivity contribution in [2.75, 3.05) is 0 Å². The molecule has 0 aliphatic carbocycles. The van der Waals surface area contributed by atoms with Crippen LogP contribution in [-0.4, -0.2) is 10.2 Å². The van der Waals surface area contributed by atoms with Crippen molar-refractivity contribution in [3.63, 3.8) is 0 Å². The Morgan fingerprint density at radius 2 is 1.78 bits per heavy atom. The minimum absolute atomic E-state index is 0. The summed E-state index contributed by atoms with van der Waals surface area (Å²) in [7, 11) is 0. The summed E-state index contributed by atoms with van der Waals surface area (Å²) in [6.45, 7) is 4.00. The predicted octanol–water partition coefficient (Wildman–Crippen LogP) is 2.71. The quantitative estimate of drug-likeness (QED) is 0.574. The Morgan fingerprint density at radius 3 is 1.89 bits per heavy atom. The van der Waals surface area contributed by atoms with Gasteiger partial charge in [-0.25, -0.2) is 0 Å². The fourth-order valence-corrected chi connectivity index (χ4v) is 0.215. The van der Waals surface area contributed by atoms with Crippen LogP contribution in [0, 0.1) is 0 Å². The highest BCUT2D eigenvalue weighted by Crippen LogP contribution is 1.64. The van der Waals surface area contributed by atoms with Crippen molar-refractivity contribution in [1.29, 1.82) is 0 Å². The molecule has 1 aromatic rings. The van der Waals surface area contributed by atoms with Crippen LogP contribution < -0.4 is 0 Å². The van der Waals surface area contributed by atoms with Crippen molar-refractivity contribution in [1.82, 2.24) is 10.2 Å². The summed E-state index contributed by atoms with van der Waals surface area (Å²) in [5, 5.41) is 6.21. The zero-order chi connectivity index (χ0) is 5.54. The van der Waals surface area contributed by atoms with E-state index in [1.807, 2.05) is 19.9 Å². The van der Waals surface area contributed by atoms with Gasteiger partial charge in [-0.2, -0.15) is 5.10 Å². The molecule has 0 aliphatic heterocycles. The maximum Gasteiger partial charge on any atom is 0.0487 e. The summed E-state index contributed by atoms with van der Waals surface area (Å²) in [6, 6.07) is 1.83. The molecule has 0 bridgehead atoms. The Balaban J connectivity index is -0.0000000836. The van der Waals surface area contributed by atoms with Crippen molar-refractivity contribution < 1.29 is 0 Å². The molecule has 0 unspecified atom stereocenters. The number of rotatable bonds is 0. The van der Waals surface area contributed by atoms with Crippen LogP contribution in [0.3, 0.4) is 0 Å². The minimum Gasteiger partial charge on any atom is -0.286 e. The summed E-state index contributed by atoms with van der Waals surface area (Å²) in [5.74, 6) is 0. The third-order valence-electron chi connectivity index (χ3n) is 0.406. The SMILES string of the molecule is C.C.CC.c1cn[nH]c1. The van der Waals surface area contributed by atoms with Gasteiger partial charge < -0.3 is 0 Å². The van der Waals surface area contributed by atoms with Crippen LogP contribution in [0.1, 0.15) is 28.7 Å². The summed E-state index contributed by atoms with van der Waals surface area (Å²) in [6.07, 6.45) is 3.46. The lowest BCUT2D eigenvalue weighted by Crippen LogP contribution is -1.53. The van der Waals surface area contributed by atoms with Crippen LogP contribution in [0.25, 0.3) is 0 Å². The zero-order valence-electron chi connectivity index (χ0n) is 4.68. The third kappa shape index (κ3) is 11.0. The standard InChI is InChI=1S/C3H4N2.C2H6.2CH4/c1-2-4-5-3-1;1-2;;/h1-3H,(H,4,5);1-2H3;2*1H4. The molecule has 1 aromatic heterocycles. The molecule has 0 aromatic carbocycles. The highest BCUT2D eigenvalue weighted by molar-refractivity contribution is 4.72. The lowest BCUT2D eigenvalue weighted by molar-refractivity contribution is 1.09. The number of nitrogens with zero attached hydrogens (tertiary/aromatic N) is 1. The van der Waals surface area contributed by atoms with Crippen LogP contribution in [-0.2, 0) is 0 Å². The molecule has 0 atom stereocenters. The molecule has 0 amide bonds. The molecule has 56 valence electrons. The highest BCUT2D eigenvalue weighted by Gasteiger charge is 1.56. The molecule has 0 radical (unpaired) electrons. The average Bonchev–Trinajstić information content (AvgIpc) is 2.23. The molecule has 0 aliphatic rings. The first kappa shape index (κ1) is 15.7. The van der Waals surface area contributed by atoms with Gasteiger partial charge in [-0.1, -0.05) is 28.7 Å². The van der Waals surface area contributed by atoms with Crippen molar-refractivity contribution in [2.24, 2.45) is 0 Å². The van der Waals surface area contributed by atoms with E-state index in [9.17, 15) is 0 Å². The predicted molar refractivity (Wildman–Crippen MR) is 43.4 cm³/mol. The van der Waals surface area contributed by atoms with Gasteiger partial charge in [-0.3, -0.25) is 5.10 Å². The van der Waals surface area contributed by atoms with E-state index >= 15 is 0 Å². The fourth-order valence-electron chi connectivity index (χ4n) is 0.215. The number of H-pyrrole nitrogens is 1. The van der Waals surface area contributed by atoms with Crippen LogP contribution in [0.15, 0.2) is 18.5 Å². The molecule has 1 heterocycles. The number of aromatic amines is 1. The molecule has 0 fully saturated rings. The van der Waals surface area contributed by atoms with Gasteiger partial charge >= 0.3 is 0 Å². The molecule has 1 rings (SSSR count). The molecule has 0 saturated carbocycles. The van der Waals surface area contributed by atoms with Gasteiger partial charge in [-0.05, 0) is 6.07 Å². The maximum atomic E-state index is 3.60. The van der Waals surface area contributed by atoms with E-state index in [1.54, 1.807) is 12.4 Å². The summed E-state index contributed by atoms with van der Waals surface area (Å²) in [5.41, 5.74) is 0. The number of nitrogens with one attached hydrogen (secondary N) is 1. The van der Waals surface area contributed by atoms with E-state index in [1.165, 1.54) is 0 Å². The van der Waals surface area contributed by atoms with Crippen molar-refractivity contribution in [3.8, 4) is 0 Å². The molecule has 1 N–H and O–H groups in total. The average molecular weight is 130 g/mol. The second kappa shape index (κ2) is 15.7. The first-order valence-corrected chi connectivity index (χ1v) is 2.44. The molecule has 0 saturated heterocycles. The summed E-state index contributed by atoms with van der Waals surface area (Å²) in [4.78, 5) is 0. The fraction of sp³-hybridized carbons (Fsp3) is 0.571. The smallest absolute Gasteiger partial charge is 0.0487 e. The molecule has 2 heteroatoms. The van der Waals surface area contributed by atoms with Crippen LogP contribution >= 0.6 is 0 Å². The second-order valence-electron chi connectivity index (χ2n) is 0.766. The first-order chi connectivity index (χ1) is 3.50. The van der Waals surface area contributed by atoms with Crippen LogP contribution in [0.4, 0.5) is 0 Å². The molecule has 2 nitrogen and oxygen atoms in total. The Hall–Kier alpha value is -0.790. The van der Waals surface area contributed by atoms with Crippen molar-refractivity contribution in [2.45, 2.75) is 28.7 Å². The summed E-state index contributed by atoms with van der Waals surface area (Å²) < 4.78 is 0. The topological polar surface area (TPSA) is 28.7 Å². The van der Waals surface area contributed by atoms with Gasteiger partial charge in [0.15, 0.2) is 0 Å². The van der Waals surface area contributed by atoms with Crippen molar-refractivity contribution >= 4 is 0 Å². The monoisotopic (exact) mass is 130 g/mol. The van der Waals surface area contributed by atoms with E-state index < -0.39 is 0 Å². The van der Waals surface area contributed by atoms with E-state index in [2.05, 4.69) is 10.2 Å². The Bertz CT molecular complexity index is 63.4. The number of hydrogen-bond donors (Lipinski definition) is 1. The Labute approximate surface area is 58.3 Å². The Kier molecular flexibility index (Phi) is 27.4. The van der Waals surface area contributed by atoms with E-state index in [0.29, 0.717) is 0 Å². The zero-order valence-corrected chi connectivity index (χ0v) is 4.68. The van der Waals surface area contributed by atoms with Gasteiger partial charge in [-0.15, -0.1) is 0 Å². The van der Waals surface area contributed by atoms with Gasteiger partial charge in [0.25, 0.3) is 0 Å². The largest absolute Gasteiger partial charge is 0.286 e. The number of aromatic nitrogens is 2. The normalized spacial score (nSPS) is 5.11. The highest BCUT2D eigenvalue weighted by atomic mass is 15.1. The van der Waals surface area contributed by atoms with Crippen LogP contribution in [0.2, 0.25) is 0 Å². The van der Waals surface area contributed by atoms with Gasteiger partial charge in [0, 0.05) is 12.4 Å². The lowest BCUT2D eigenvalue weighted by Gasteiger charge is -1.49. The van der Waals surface area contributed by atoms with Gasteiger partial charge in [0.05, 0.1) is 0 Å². The molecular formula is C7H18N2. The van der Waals surface area contributed by atoms with Gasteiger partial charge in [0.2, 0.25) is 0 Å².